The third-order valence-corrected chi connectivity index (χ3v) is 10.0. The van der Waals surface area contributed by atoms with Crippen molar-refractivity contribution in [3.63, 3.8) is 0 Å². The Morgan fingerprint density at radius 2 is 0.907 bits per heavy atom. The van der Waals surface area contributed by atoms with E-state index in [9.17, 15) is 9.59 Å². The number of rotatable bonds is 15. The van der Waals surface area contributed by atoms with Gasteiger partial charge in [0.1, 0.15) is 12.8 Å². The van der Waals surface area contributed by atoms with Crippen molar-refractivity contribution in [2.45, 2.75) is 12.8 Å². The number of piperazine rings is 2. The number of hydrogen-bond donors (Lipinski definition) is 4. The van der Waals surface area contributed by atoms with E-state index in [1.165, 1.54) is 7.11 Å². The Morgan fingerprint density at radius 1 is 0.556 bits per heavy atom. The zero-order chi connectivity index (χ0) is 37.7. The summed E-state index contributed by atoms with van der Waals surface area (Å²) in [5.41, 5.74) is 6.89. The van der Waals surface area contributed by atoms with Crippen LogP contribution in [0.5, 0.6) is 0 Å². The Bertz CT molecular complexity index is 1690. The van der Waals surface area contributed by atoms with E-state index in [1.807, 2.05) is 97.1 Å². The van der Waals surface area contributed by atoms with Crippen LogP contribution in [0.1, 0.15) is 44.7 Å². The number of carbonyl (C=O) groups is 2. The largest absolute Gasteiger partial charge is 0.399 e. The molecule has 284 valence electrons. The standard InChI is InChI=1S/C42H51N7O5/c1-54-45-40(32-4-12-36(13-5-32)43-41(52)34-8-16-38(17-9-34)48-26-22-46(23-27-48)20-2-30-50)33-6-14-37(15-7-33)44-42(53)35-10-18-39(19-11-35)49-28-24-47(25-29-49)21-3-31-51/h4-19,50-51H,2-3,20-31H2,1H3,(H,43,52)(H,44,53). The van der Waals surface area contributed by atoms with E-state index in [-0.39, 0.29) is 25.0 Å². The third-order valence-electron chi connectivity index (χ3n) is 10.0. The summed E-state index contributed by atoms with van der Waals surface area (Å²) in [5, 5.41) is 28.4. The number of oxime groups is 1. The molecule has 2 aliphatic rings. The molecule has 4 aromatic carbocycles. The smallest absolute Gasteiger partial charge is 0.255 e. The summed E-state index contributed by atoms with van der Waals surface area (Å²) < 4.78 is 0. The first-order valence-electron chi connectivity index (χ1n) is 18.8. The molecule has 2 heterocycles. The van der Waals surface area contributed by atoms with Gasteiger partial charge in [0.05, 0.1) is 0 Å². The van der Waals surface area contributed by atoms with E-state index in [0.29, 0.717) is 28.2 Å². The zero-order valence-corrected chi connectivity index (χ0v) is 31.0. The van der Waals surface area contributed by atoms with Crippen molar-refractivity contribution in [2.24, 2.45) is 5.16 Å². The number of benzene rings is 4. The Labute approximate surface area is 317 Å². The van der Waals surface area contributed by atoms with Gasteiger partial charge in [-0.25, -0.2) is 0 Å². The number of nitrogens with zero attached hydrogens (tertiary/aromatic N) is 5. The molecule has 2 aliphatic heterocycles. The third kappa shape index (κ3) is 10.2. The molecule has 4 aromatic rings. The van der Waals surface area contributed by atoms with Gasteiger partial charge in [0.15, 0.2) is 0 Å². The van der Waals surface area contributed by atoms with Crippen molar-refractivity contribution in [1.29, 1.82) is 0 Å². The molecule has 6 rings (SSSR count). The highest BCUT2D eigenvalue weighted by Crippen LogP contribution is 2.22. The lowest BCUT2D eigenvalue weighted by atomic mass is 10.0. The van der Waals surface area contributed by atoms with Crippen molar-refractivity contribution in [1.82, 2.24) is 9.80 Å². The second-order valence-corrected chi connectivity index (χ2v) is 13.6. The van der Waals surface area contributed by atoms with Gasteiger partial charge in [0.2, 0.25) is 0 Å². The number of aliphatic hydroxyl groups is 2. The summed E-state index contributed by atoms with van der Waals surface area (Å²) in [6.45, 7) is 9.80. The van der Waals surface area contributed by atoms with Gasteiger partial charge < -0.3 is 35.5 Å². The van der Waals surface area contributed by atoms with E-state index in [1.54, 1.807) is 0 Å². The highest BCUT2D eigenvalue weighted by molar-refractivity contribution is 6.13. The van der Waals surface area contributed by atoms with Crippen LogP contribution in [0.2, 0.25) is 0 Å². The molecule has 0 atom stereocenters. The molecule has 12 nitrogen and oxygen atoms in total. The van der Waals surface area contributed by atoms with Crippen LogP contribution in [0.3, 0.4) is 0 Å². The van der Waals surface area contributed by atoms with Crippen LogP contribution in [-0.4, -0.2) is 123 Å². The second kappa shape index (κ2) is 19.2. The molecule has 2 fully saturated rings. The van der Waals surface area contributed by atoms with Crippen LogP contribution in [0.25, 0.3) is 0 Å². The minimum atomic E-state index is -0.188. The molecular weight excluding hydrogens is 683 g/mol. The quantitative estimate of drug-likeness (QED) is 0.102. The maximum absolute atomic E-state index is 13.1. The number of aliphatic hydroxyl groups excluding tert-OH is 2. The Balaban J connectivity index is 1.00. The molecule has 2 amide bonds. The van der Waals surface area contributed by atoms with Crippen LogP contribution in [0.4, 0.5) is 22.7 Å². The molecule has 0 unspecified atom stereocenters. The van der Waals surface area contributed by atoms with Crippen LogP contribution < -0.4 is 20.4 Å². The van der Waals surface area contributed by atoms with Crippen molar-refractivity contribution < 1.29 is 24.6 Å². The van der Waals surface area contributed by atoms with Gasteiger partial charge in [-0.05, 0) is 85.6 Å². The lowest BCUT2D eigenvalue weighted by molar-refractivity contribution is 0.101. The normalized spacial score (nSPS) is 15.1. The van der Waals surface area contributed by atoms with Crippen molar-refractivity contribution in [3.8, 4) is 0 Å². The molecule has 0 saturated carbocycles. The number of anilines is 4. The highest BCUT2D eigenvalue weighted by atomic mass is 16.6. The maximum atomic E-state index is 13.1. The fourth-order valence-corrected chi connectivity index (χ4v) is 6.89. The van der Waals surface area contributed by atoms with Crippen LogP contribution in [-0.2, 0) is 4.84 Å². The molecule has 0 aromatic heterocycles. The van der Waals surface area contributed by atoms with Gasteiger partial charge in [-0.2, -0.15) is 0 Å². The fourth-order valence-electron chi connectivity index (χ4n) is 6.89. The average molecular weight is 734 g/mol. The van der Waals surface area contributed by atoms with Gasteiger partial charge in [-0.15, -0.1) is 0 Å². The first-order chi connectivity index (χ1) is 26.4. The van der Waals surface area contributed by atoms with E-state index < -0.39 is 0 Å². The summed E-state index contributed by atoms with van der Waals surface area (Å²) in [7, 11) is 1.50. The molecule has 0 aliphatic carbocycles. The van der Waals surface area contributed by atoms with Crippen LogP contribution in [0, 0.1) is 0 Å². The molecule has 0 radical (unpaired) electrons. The van der Waals surface area contributed by atoms with Gasteiger partial charge in [0, 0.05) is 124 Å². The van der Waals surface area contributed by atoms with Gasteiger partial charge in [-0.1, -0.05) is 29.4 Å². The average Bonchev–Trinajstić information content (AvgIpc) is 3.22. The minimum Gasteiger partial charge on any atom is -0.399 e. The lowest BCUT2D eigenvalue weighted by Gasteiger charge is -2.36. The van der Waals surface area contributed by atoms with E-state index >= 15 is 0 Å². The predicted molar refractivity (Wildman–Crippen MR) is 215 cm³/mol. The van der Waals surface area contributed by atoms with E-state index in [0.717, 1.165) is 101 Å². The van der Waals surface area contributed by atoms with E-state index in [2.05, 4.69) is 35.4 Å². The topological polar surface area (TPSA) is 133 Å². The molecule has 0 bridgehead atoms. The Morgan fingerprint density at radius 3 is 1.24 bits per heavy atom. The first kappa shape index (κ1) is 38.5. The van der Waals surface area contributed by atoms with Crippen molar-refractivity contribution in [3.05, 3.63) is 119 Å². The summed E-state index contributed by atoms with van der Waals surface area (Å²) in [4.78, 5) is 40.7. The molecule has 54 heavy (non-hydrogen) atoms. The molecule has 12 heteroatoms. The van der Waals surface area contributed by atoms with Crippen molar-refractivity contribution in [2.75, 3.05) is 106 Å². The molecule has 0 spiro atoms. The Hall–Kier alpha value is -5.27. The summed E-state index contributed by atoms with van der Waals surface area (Å²) in [6.07, 6.45) is 1.60. The van der Waals surface area contributed by atoms with Gasteiger partial charge in [-0.3, -0.25) is 19.4 Å². The highest BCUT2D eigenvalue weighted by Gasteiger charge is 2.19. The van der Waals surface area contributed by atoms with Crippen LogP contribution >= 0.6 is 0 Å². The van der Waals surface area contributed by atoms with E-state index in [4.69, 9.17) is 15.1 Å². The summed E-state index contributed by atoms with van der Waals surface area (Å²) >= 11 is 0. The molecular formula is C42H51N7O5. The van der Waals surface area contributed by atoms with Crippen molar-refractivity contribution >= 4 is 40.3 Å². The number of carbonyl (C=O) groups excluding carboxylic acids is 2. The Kier molecular flexibility index (Phi) is 13.7. The maximum Gasteiger partial charge on any atom is 0.255 e. The summed E-state index contributed by atoms with van der Waals surface area (Å²) in [6, 6.07) is 30.3. The zero-order valence-electron chi connectivity index (χ0n) is 31.0. The van der Waals surface area contributed by atoms with Crippen LogP contribution in [0.15, 0.2) is 102 Å². The predicted octanol–water partition coefficient (Wildman–Crippen LogP) is 4.60. The SMILES string of the molecule is CON=C(c1ccc(NC(=O)c2ccc(N3CCN(CCCO)CC3)cc2)cc1)c1ccc(NC(=O)c2ccc(N3CCN(CCCO)CC3)cc2)cc1. The molecule has 2 saturated heterocycles. The minimum absolute atomic E-state index is 0.188. The first-order valence-corrected chi connectivity index (χ1v) is 18.8. The van der Waals surface area contributed by atoms with Gasteiger partial charge >= 0.3 is 0 Å². The van der Waals surface area contributed by atoms with Gasteiger partial charge in [0.25, 0.3) is 11.8 Å². The molecule has 4 N–H and O–H groups in total. The number of amides is 2. The monoisotopic (exact) mass is 733 g/mol. The summed E-state index contributed by atoms with van der Waals surface area (Å²) in [5.74, 6) is -0.376. The lowest BCUT2D eigenvalue weighted by Crippen LogP contribution is -2.46. The second-order valence-electron chi connectivity index (χ2n) is 13.6. The number of nitrogens with one attached hydrogen (secondary N) is 2. The fraction of sp³-hybridized carbons (Fsp3) is 0.357. The number of hydrogen-bond acceptors (Lipinski definition) is 10.